The van der Waals surface area contributed by atoms with Crippen molar-refractivity contribution in [1.82, 2.24) is 0 Å². The van der Waals surface area contributed by atoms with Crippen molar-refractivity contribution >= 4 is 11.7 Å². The van der Waals surface area contributed by atoms with Gasteiger partial charge in [0.05, 0.1) is 0 Å². The molecule has 0 amide bonds. The first kappa shape index (κ1) is 14.8. The van der Waals surface area contributed by atoms with Crippen LogP contribution in [0.3, 0.4) is 0 Å². The molecule has 0 aliphatic carbocycles. The zero-order valence-electron chi connectivity index (χ0n) is 11.9. The molecule has 2 aromatic rings. The Hall–Kier alpha value is -2.62. The predicted octanol–water partition coefficient (Wildman–Crippen LogP) is 2.19. The molecule has 108 valence electrons. The minimum absolute atomic E-state index is 0.565. The lowest BCUT2D eigenvalue weighted by molar-refractivity contribution is 0.844. The van der Waals surface area contributed by atoms with Gasteiger partial charge >= 0.3 is 0 Å². The van der Waals surface area contributed by atoms with Gasteiger partial charge in [-0.25, -0.2) is 0 Å². The fourth-order valence-electron chi connectivity index (χ4n) is 1.87. The van der Waals surface area contributed by atoms with E-state index < -0.39 is 0 Å². The van der Waals surface area contributed by atoms with Crippen LogP contribution in [0.1, 0.15) is 17.5 Å². The maximum atomic E-state index is 5.92. The summed E-state index contributed by atoms with van der Waals surface area (Å²) in [5, 5.41) is 0. The summed E-state index contributed by atoms with van der Waals surface area (Å²) in [5.74, 6) is 1.13. The molecule has 0 saturated carbocycles. The van der Waals surface area contributed by atoms with Gasteiger partial charge in [0.25, 0.3) is 0 Å². The lowest BCUT2D eigenvalue weighted by Gasteiger charge is -2.01. The van der Waals surface area contributed by atoms with Gasteiger partial charge in [-0.05, 0) is 6.42 Å². The molecule has 2 rings (SSSR count). The van der Waals surface area contributed by atoms with Crippen LogP contribution in [0.2, 0.25) is 0 Å². The van der Waals surface area contributed by atoms with Crippen LogP contribution in [-0.4, -0.2) is 24.8 Å². The third-order valence-electron chi connectivity index (χ3n) is 3.02. The highest BCUT2D eigenvalue weighted by Crippen LogP contribution is 1.99. The maximum absolute atomic E-state index is 5.92. The summed E-state index contributed by atoms with van der Waals surface area (Å²) in [7, 11) is 0. The zero-order valence-corrected chi connectivity index (χ0v) is 11.9. The van der Waals surface area contributed by atoms with Gasteiger partial charge in [0.2, 0.25) is 0 Å². The molecular weight excluding hydrogens is 260 g/mol. The summed E-state index contributed by atoms with van der Waals surface area (Å²) in [6, 6.07) is 19.5. The Morgan fingerprint density at radius 1 is 0.667 bits per heavy atom. The number of nitrogens with zero attached hydrogens (tertiary/aromatic N) is 2. The van der Waals surface area contributed by atoms with Crippen molar-refractivity contribution in [3.8, 4) is 0 Å². The highest BCUT2D eigenvalue weighted by Gasteiger charge is 1.97. The van der Waals surface area contributed by atoms with Gasteiger partial charge < -0.3 is 11.5 Å². The highest BCUT2D eigenvalue weighted by molar-refractivity contribution is 5.97. The van der Waals surface area contributed by atoms with E-state index in [1.165, 1.54) is 0 Å². The first-order valence-electron chi connectivity index (χ1n) is 6.98. The topological polar surface area (TPSA) is 76.8 Å². The van der Waals surface area contributed by atoms with Gasteiger partial charge in [-0.2, -0.15) is 0 Å². The van der Waals surface area contributed by atoms with Gasteiger partial charge in [-0.3, -0.25) is 9.98 Å². The van der Waals surface area contributed by atoms with E-state index in [1.54, 1.807) is 0 Å². The second-order valence-corrected chi connectivity index (χ2v) is 4.62. The normalized spacial score (nSPS) is 12.4. The molecule has 0 atom stereocenters. The standard InChI is InChI=1S/C17H20N4/c18-16(14-8-3-1-4-9-14)20-12-7-13-21-17(19)15-10-5-2-6-11-15/h1-6,8-11H,7,12-13H2,(H2,18,20)(H2,19,21). The monoisotopic (exact) mass is 280 g/mol. The van der Waals surface area contributed by atoms with Gasteiger partial charge in [-0.15, -0.1) is 0 Å². The molecule has 0 unspecified atom stereocenters. The predicted molar refractivity (Wildman–Crippen MR) is 88.7 cm³/mol. The van der Waals surface area contributed by atoms with E-state index in [2.05, 4.69) is 9.98 Å². The number of rotatable bonds is 6. The van der Waals surface area contributed by atoms with Gasteiger partial charge in [0, 0.05) is 24.2 Å². The molecule has 0 heterocycles. The van der Waals surface area contributed by atoms with Crippen molar-refractivity contribution in [3.05, 3.63) is 71.8 Å². The average molecular weight is 280 g/mol. The Balaban J connectivity index is 1.80. The van der Waals surface area contributed by atoms with E-state index in [-0.39, 0.29) is 0 Å². The van der Waals surface area contributed by atoms with Crippen molar-refractivity contribution in [2.75, 3.05) is 13.1 Å². The quantitative estimate of drug-likeness (QED) is 0.483. The molecule has 0 bridgehead atoms. The molecule has 4 nitrogen and oxygen atoms in total. The highest BCUT2D eigenvalue weighted by atomic mass is 14.9. The van der Waals surface area contributed by atoms with Crippen LogP contribution in [-0.2, 0) is 0 Å². The molecule has 0 spiro atoms. The van der Waals surface area contributed by atoms with E-state index in [0.29, 0.717) is 24.8 Å². The van der Waals surface area contributed by atoms with Crippen LogP contribution in [0.15, 0.2) is 70.6 Å². The van der Waals surface area contributed by atoms with E-state index in [0.717, 1.165) is 17.5 Å². The summed E-state index contributed by atoms with van der Waals surface area (Å²) >= 11 is 0. The zero-order chi connectivity index (χ0) is 14.9. The van der Waals surface area contributed by atoms with Crippen molar-refractivity contribution in [3.63, 3.8) is 0 Å². The Kier molecular flexibility index (Phi) is 5.52. The van der Waals surface area contributed by atoms with E-state index >= 15 is 0 Å². The van der Waals surface area contributed by atoms with Crippen LogP contribution < -0.4 is 11.5 Å². The lowest BCUT2D eigenvalue weighted by Crippen LogP contribution is -2.15. The molecular formula is C17H20N4. The van der Waals surface area contributed by atoms with Crippen LogP contribution in [0, 0.1) is 0 Å². The van der Waals surface area contributed by atoms with Gasteiger partial charge in [-0.1, -0.05) is 60.7 Å². The number of hydrogen-bond donors (Lipinski definition) is 2. The molecule has 0 aliphatic heterocycles. The summed E-state index contributed by atoms with van der Waals surface area (Å²) < 4.78 is 0. The molecule has 2 aromatic carbocycles. The van der Waals surface area contributed by atoms with Crippen LogP contribution in [0.4, 0.5) is 0 Å². The fraction of sp³-hybridized carbons (Fsp3) is 0.176. The number of benzene rings is 2. The number of aliphatic imine (C=N–C) groups is 2. The largest absolute Gasteiger partial charge is 0.384 e. The van der Waals surface area contributed by atoms with Gasteiger partial charge in [0.15, 0.2) is 0 Å². The molecule has 0 aromatic heterocycles. The average Bonchev–Trinajstić information content (AvgIpc) is 2.55. The first-order valence-corrected chi connectivity index (χ1v) is 6.98. The van der Waals surface area contributed by atoms with Crippen molar-refractivity contribution in [2.45, 2.75) is 6.42 Å². The van der Waals surface area contributed by atoms with Crippen LogP contribution in [0.5, 0.6) is 0 Å². The van der Waals surface area contributed by atoms with Crippen molar-refractivity contribution in [2.24, 2.45) is 21.5 Å². The second-order valence-electron chi connectivity index (χ2n) is 4.62. The molecule has 0 radical (unpaired) electrons. The molecule has 4 heteroatoms. The summed E-state index contributed by atoms with van der Waals surface area (Å²) in [5.41, 5.74) is 13.7. The summed E-state index contributed by atoms with van der Waals surface area (Å²) in [4.78, 5) is 8.70. The Labute approximate surface area is 125 Å². The minimum atomic E-state index is 0.565. The first-order chi connectivity index (χ1) is 10.3. The van der Waals surface area contributed by atoms with Gasteiger partial charge in [0.1, 0.15) is 11.7 Å². The molecule has 0 saturated heterocycles. The van der Waals surface area contributed by atoms with Crippen molar-refractivity contribution < 1.29 is 0 Å². The van der Waals surface area contributed by atoms with Crippen LogP contribution >= 0.6 is 0 Å². The van der Waals surface area contributed by atoms with Crippen LogP contribution in [0.25, 0.3) is 0 Å². The molecule has 0 aliphatic rings. The minimum Gasteiger partial charge on any atom is -0.384 e. The number of nitrogens with two attached hydrogens (primary N) is 2. The number of hydrogen-bond acceptors (Lipinski definition) is 2. The fourth-order valence-corrected chi connectivity index (χ4v) is 1.87. The third kappa shape index (κ3) is 4.76. The SMILES string of the molecule is NC(=NCCCN=C(N)c1ccccc1)c1ccccc1. The molecule has 4 N–H and O–H groups in total. The third-order valence-corrected chi connectivity index (χ3v) is 3.02. The Morgan fingerprint density at radius 3 is 1.43 bits per heavy atom. The Morgan fingerprint density at radius 2 is 1.05 bits per heavy atom. The van der Waals surface area contributed by atoms with E-state index in [1.807, 2.05) is 60.7 Å². The number of amidine groups is 2. The van der Waals surface area contributed by atoms with Crippen molar-refractivity contribution in [1.29, 1.82) is 0 Å². The molecule has 21 heavy (non-hydrogen) atoms. The smallest absolute Gasteiger partial charge is 0.125 e. The lowest BCUT2D eigenvalue weighted by atomic mass is 10.2. The summed E-state index contributed by atoms with van der Waals surface area (Å²) in [6.07, 6.45) is 0.821. The molecule has 0 fully saturated rings. The van der Waals surface area contributed by atoms with E-state index in [4.69, 9.17) is 11.5 Å². The summed E-state index contributed by atoms with van der Waals surface area (Å²) in [6.45, 7) is 1.29. The Bertz CT molecular complexity index is 548. The maximum Gasteiger partial charge on any atom is 0.125 e. The van der Waals surface area contributed by atoms with E-state index in [9.17, 15) is 0 Å². The second kappa shape index (κ2) is 7.85.